The standard InChI is InChI=1S/C16H22N2O2/c1-2-17-14-11-20-10-13(14)16(19)18-9-5-7-12-6-3-4-8-15(12)18/h3-4,6,8,13-14,17H,2,5,7,9-11H2,1H3. The smallest absolute Gasteiger partial charge is 0.234 e. The number of nitrogens with zero attached hydrogens (tertiary/aromatic N) is 1. The van der Waals surface area contributed by atoms with E-state index in [1.165, 1.54) is 5.56 Å². The topological polar surface area (TPSA) is 41.6 Å². The fraction of sp³-hybridized carbons (Fsp3) is 0.562. The summed E-state index contributed by atoms with van der Waals surface area (Å²) >= 11 is 0. The lowest BCUT2D eigenvalue weighted by Gasteiger charge is -2.32. The second-order valence-corrected chi connectivity index (χ2v) is 5.53. The van der Waals surface area contributed by atoms with Gasteiger partial charge in [-0.1, -0.05) is 25.1 Å². The summed E-state index contributed by atoms with van der Waals surface area (Å²) in [6.07, 6.45) is 2.11. The number of nitrogens with one attached hydrogen (secondary N) is 1. The van der Waals surface area contributed by atoms with Gasteiger partial charge in [0.15, 0.2) is 0 Å². The number of aryl methyl sites for hydroxylation is 1. The molecular weight excluding hydrogens is 252 g/mol. The number of ether oxygens (including phenoxy) is 1. The number of para-hydroxylation sites is 1. The third kappa shape index (κ3) is 2.45. The van der Waals surface area contributed by atoms with Crippen LogP contribution in [0, 0.1) is 5.92 Å². The third-order valence-electron chi connectivity index (χ3n) is 4.24. The molecule has 1 N–H and O–H groups in total. The number of anilines is 1. The van der Waals surface area contributed by atoms with Crippen molar-refractivity contribution < 1.29 is 9.53 Å². The number of hydrogen-bond acceptors (Lipinski definition) is 3. The van der Waals surface area contributed by atoms with Crippen molar-refractivity contribution in [2.24, 2.45) is 5.92 Å². The van der Waals surface area contributed by atoms with Gasteiger partial charge < -0.3 is 15.0 Å². The maximum Gasteiger partial charge on any atom is 0.234 e. The number of likely N-dealkylation sites (N-methyl/N-ethyl adjacent to an activating group) is 1. The number of benzene rings is 1. The summed E-state index contributed by atoms with van der Waals surface area (Å²) in [5.74, 6) is 0.154. The van der Waals surface area contributed by atoms with Crippen molar-refractivity contribution in [3.63, 3.8) is 0 Å². The first-order valence-electron chi connectivity index (χ1n) is 7.51. The number of fused-ring (bicyclic) bond motifs is 1. The van der Waals surface area contributed by atoms with Crippen LogP contribution in [-0.2, 0) is 16.0 Å². The predicted molar refractivity (Wildman–Crippen MR) is 78.9 cm³/mol. The molecule has 2 heterocycles. The number of carbonyl (C=O) groups excluding carboxylic acids is 1. The van der Waals surface area contributed by atoms with Gasteiger partial charge >= 0.3 is 0 Å². The Morgan fingerprint density at radius 3 is 3.10 bits per heavy atom. The predicted octanol–water partition coefficient (Wildman–Crippen LogP) is 1.59. The van der Waals surface area contributed by atoms with Crippen molar-refractivity contribution in [1.82, 2.24) is 5.32 Å². The Morgan fingerprint density at radius 1 is 1.40 bits per heavy atom. The van der Waals surface area contributed by atoms with Gasteiger partial charge in [0.25, 0.3) is 0 Å². The van der Waals surface area contributed by atoms with Gasteiger partial charge in [0.2, 0.25) is 5.91 Å². The van der Waals surface area contributed by atoms with Crippen LogP contribution in [0.5, 0.6) is 0 Å². The van der Waals surface area contributed by atoms with Crippen LogP contribution in [0.3, 0.4) is 0 Å². The molecular formula is C16H22N2O2. The highest BCUT2D eigenvalue weighted by molar-refractivity contribution is 5.96. The van der Waals surface area contributed by atoms with Crippen LogP contribution >= 0.6 is 0 Å². The molecule has 1 aromatic rings. The van der Waals surface area contributed by atoms with Crippen LogP contribution in [-0.4, -0.2) is 38.3 Å². The van der Waals surface area contributed by atoms with Gasteiger partial charge in [-0.2, -0.15) is 0 Å². The fourth-order valence-electron chi connectivity index (χ4n) is 3.22. The molecule has 0 radical (unpaired) electrons. The molecule has 108 valence electrons. The molecule has 0 spiro atoms. The largest absolute Gasteiger partial charge is 0.379 e. The van der Waals surface area contributed by atoms with Gasteiger partial charge in [-0.15, -0.1) is 0 Å². The van der Waals surface area contributed by atoms with E-state index in [0.29, 0.717) is 13.2 Å². The minimum absolute atomic E-state index is 0.0545. The van der Waals surface area contributed by atoms with Crippen molar-refractivity contribution in [3.05, 3.63) is 29.8 Å². The van der Waals surface area contributed by atoms with Crippen LogP contribution in [0.4, 0.5) is 5.69 Å². The summed E-state index contributed by atoms with van der Waals surface area (Å²) in [5, 5.41) is 3.37. The first kappa shape index (κ1) is 13.6. The number of rotatable bonds is 3. The summed E-state index contributed by atoms with van der Waals surface area (Å²) in [4.78, 5) is 14.8. The Morgan fingerprint density at radius 2 is 2.25 bits per heavy atom. The zero-order valence-electron chi connectivity index (χ0n) is 12.0. The molecule has 1 aromatic carbocycles. The average Bonchev–Trinajstić information content (AvgIpc) is 2.94. The molecule has 0 aliphatic carbocycles. The van der Waals surface area contributed by atoms with Crippen LogP contribution in [0.25, 0.3) is 0 Å². The van der Waals surface area contributed by atoms with E-state index in [1.54, 1.807) is 0 Å². The minimum Gasteiger partial charge on any atom is -0.379 e. The summed E-state index contributed by atoms with van der Waals surface area (Å²) in [5.41, 5.74) is 2.37. The first-order chi connectivity index (χ1) is 9.81. The molecule has 0 aromatic heterocycles. The highest BCUT2D eigenvalue weighted by atomic mass is 16.5. The quantitative estimate of drug-likeness (QED) is 0.910. The highest BCUT2D eigenvalue weighted by Gasteiger charge is 2.37. The molecule has 2 aliphatic heterocycles. The van der Waals surface area contributed by atoms with Crippen molar-refractivity contribution in [1.29, 1.82) is 0 Å². The summed E-state index contributed by atoms with van der Waals surface area (Å²) in [6, 6.07) is 8.40. The van der Waals surface area contributed by atoms with Gasteiger partial charge in [0, 0.05) is 18.3 Å². The fourth-order valence-corrected chi connectivity index (χ4v) is 3.22. The SMILES string of the molecule is CCNC1COCC1C(=O)N1CCCc2ccccc21. The molecule has 1 saturated heterocycles. The molecule has 1 fully saturated rings. The van der Waals surface area contributed by atoms with Crippen LogP contribution in [0.15, 0.2) is 24.3 Å². The second kappa shape index (κ2) is 5.94. The van der Waals surface area contributed by atoms with Crippen LogP contribution < -0.4 is 10.2 Å². The number of carbonyl (C=O) groups is 1. The Hall–Kier alpha value is -1.39. The number of amides is 1. The van der Waals surface area contributed by atoms with Crippen LogP contribution in [0.1, 0.15) is 18.9 Å². The normalized spacial score (nSPS) is 25.6. The molecule has 1 amide bonds. The summed E-state index contributed by atoms with van der Waals surface area (Å²) in [6.45, 7) is 4.94. The Balaban J connectivity index is 1.81. The Bertz CT molecular complexity index is 489. The van der Waals surface area contributed by atoms with E-state index in [-0.39, 0.29) is 17.9 Å². The molecule has 4 nitrogen and oxygen atoms in total. The maximum atomic E-state index is 12.9. The van der Waals surface area contributed by atoms with Crippen molar-refractivity contribution in [2.45, 2.75) is 25.8 Å². The molecule has 0 bridgehead atoms. The molecule has 3 rings (SSSR count). The first-order valence-corrected chi connectivity index (χ1v) is 7.51. The van der Waals surface area contributed by atoms with E-state index in [0.717, 1.165) is 31.6 Å². The van der Waals surface area contributed by atoms with Crippen molar-refractivity contribution >= 4 is 11.6 Å². The molecule has 4 heteroatoms. The van der Waals surface area contributed by atoms with E-state index in [2.05, 4.69) is 24.4 Å². The second-order valence-electron chi connectivity index (χ2n) is 5.53. The van der Waals surface area contributed by atoms with Crippen LogP contribution in [0.2, 0.25) is 0 Å². The lowest BCUT2D eigenvalue weighted by atomic mass is 9.97. The Labute approximate surface area is 120 Å². The van der Waals surface area contributed by atoms with E-state index in [1.807, 2.05) is 17.0 Å². The Kier molecular flexibility index (Phi) is 4.03. The lowest BCUT2D eigenvalue weighted by Crippen LogP contribution is -2.47. The molecule has 20 heavy (non-hydrogen) atoms. The number of hydrogen-bond donors (Lipinski definition) is 1. The van der Waals surface area contributed by atoms with Crippen molar-refractivity contribution in [2.75, 3.05) is 31.2 Å². The zero-order valence-corrected chi connectivity index (χ0v) is 12.0. The van der Waals surface area contributed by atoms with Gasteiger partial charge in [0.05, 0.1) is 19.1 Å². The minimum atomic E-state index is -0.0545. The lowest BCUT2D eigenvalue weighted by molar-refractivity contribution is -0.122. The maximum absolute atomic E-state index is 12.9. The van der Waals surface area contributed by atoms with E-state index < -0.39 is 0 Å². The van der Waals surface area contributed by atoms with Gasteiger partial charge in [0.1, 0.15) is 0 Å². The van der Waals surface area contributed by atoms with Crippen molar-refractivity contribution in [3.8, 4) is 0 Å². The van der Waals surface area contributed by atoms with Gasteiger partial charge in [-0.25, -0.2) is 0 Å². The van der Waals surface area contributed by atoms with E-state index in [9.17, 15) is 4.79 Å². The van der Waals surface area contributed by atoms with E-state index in [4.69, 9.17) is 4.74 Å². The zero-order chi connectivity index (χ0) is 13.9. The molecule has 2 unspecified atom stereocenters. The molecule has 2 atom stereocenters. The summed E-state index contributed by atoms with van der Waals surface area (Å²) in [7, 11) is 0. The monoisotopic (exact) mass is 274 g/mol. The summed E-state index contributed by atoms with van der Waals surface area (Å²) < 4.78 is 5.51. The third-order valence-corrected chi connectivity index (χ3v) is 4.24. The van der Waals surface area contributed by atoms with E-state index >= 15 is 0 Å². The molecule has 2 aliphatic rings. The highest BCUT2D eigenvalue weighted by Crippen LogP contribution is 2.29. The molecule has 0 saturated carbocycles. The van der Waals surface area contributed by atoms with Gasteiger partial charge in [-0.3, -0.25) is 4.79 Å². The average molecular weight is 274 g/mol. The van der Waals surface area contributed by atoms with Gasteiger partial charge in [-0.05, 0) is 31.0 Å².